The Balaban J connectivity index is 2.59. The Bertz CT molecular complexity index is 575. The number of ether oxygens (including phenoxy) is 1. The second kappa shape index (κ2) is 6.30. The molecule has 0 amide bonds. The molecule has 2 aromatic rings. The van der Waals surface area contributed by atoms with Gasteiger partial charge in [0.2, 0.25) is 4.90 Å². The fourth-order valence-electron chi connectivity index (χ4n) is 1.88. The molecule has 0 bridgehead atoms. The minimum Gasteiger partial charge on any atom is -0.593 e. The third-order valence-corrected chi connectivity index (χ3v) is 3.67. The van der Waals surface area contributed by atoms with Gasteiger partial charge in [0.05, 0.1) is 18.0 Å². The van der Waals surface area contributed by atoms with Crippen LogP contribution in [-0.2, 0) is 11.4 Å². The molecule has 5 heteroatoms. The maximum Gasteiger partial charge on any atom is 0.223 e. The molecule has 0 saturated heterocycles. The summed E-state index contributed by atoms with van der Waals surface area (Å²) in [4.78, 5) is 0.492. The van der Waals surface area contributed by atoms with Crippen LogP contribution in [0.2, 0.25) is 5.02 Å². The van der Waals surface area contributed by atoms with E-state index in [-0.39, 0.29) is 0 Å². The molecule has 2 aromatic carbocycles. The zero-order valence-corrected chi connectivity index (χ0v) is 12.0. The Morgan fingerprint density at radius 2 is 2.00 bits per heavy atom. The van der Waals surface area contributed by atoms with E-state index in [1.165, 1.54) is 0 Å². The number of hydrogen-bond donors (Lipinski definition) is 1. The molecule has 2 N–H and O–H groups in total. The normalized spacial score (nSPS) is 12.2. The fourth-order valence-corrected chi connectivity index (χ4v) is 2.79. The molecule has 0 aliphatic carbocycles. The lowest BCUT2D eigenvalue weighted by molar-refractivity contribution is 0.331. The van der Waals surface area contributed by atoms with Crippen LogP contribution in [0, 0.1) is 0 Å². The summed E-state index contributed by atoms with van der Waals surface area (Å²) in [6, 6.07) is 12.8. The van der Waals surface area contributed by atoms with E-state index in [1.54, 1.807) is 12.1 Å². The van der Waals surface area contributed by atoms with E-state index in [4.69, 9.17) is 21.5 Å². The van der Waals surface area contributed by atoms with Crippen molar-refractivity contribution in [2.45, 2.75) is 11.8 Å². The third-order valence-electron chi connectivity index (χ3n) is 2.62. The molecule has 0 saturated carbocycles. The van der Waals surface area contributed by atoms with E-state index in [9.17, 15) is 4.55 Å². The Labute approximate surface area is 120 Å². The molecule has 0 aliphatic rings. The van der Waals surface area contributed by atoms with Gasteiger partial charge < -0.3 is 9.29 Å². The number of benzene rings is 2. The predicted octanol–water partition coefficient (Wildman–Crippen LogP) is 3.39. The Kier molecular flexibility index (Phi) is 4.71. The molecule has 1 atom stereocenters. The van der Waals surface area contributed by atoms with Gasteiger partial charge in [-0.2, -0.15) is 0 Å². The summed E-state index contributed by atoms with van der Waals surface area (Å²) in [6.07, 6.45) is 0. The van der Waals surface area contributed by atoms with Crippen LogP contribution < -0.4 is 9.88 Å². The zero-order chi connectivity index (χ0) is 13.8. The summed E-state index contributed by atoms with van der Waals surface area (Å²) in [5.41, 5.74) is 1.64. The van der Waals surface area contributed by atoms with Crippen LogP contribution >= 0.6 is 11.6 Å². The molecule has 3 nitrogen and oxygen atoms in total. The predicted molar refractivity (Wildman–Crippen MR) is 78.7 cm³/mol. The molecule has 100 valence electrons. The summed E-state index contributed by atoms with van der Waals surface area (Å²) in [5, 5.41) is 6.20. The lowest BCUT2D eigenvalue weighted by Crippen LogP contribution is -2.15. The van der Waals surface area contributed by atoms with Gasteiger partial charge in [-0.3, -0.25) is 0 Å². The standard InChI is InChI=1S/C14H14ClNO2S/c1-2-18-13-8-4-7-12(14(13)19(16)17)10-5-3-6-11(15)9-10/h3-9H,2,16H2,1H3. The molecule has 0 aliphatic heterocycles. The summed E-state index contributed by atoms with van der Waals surface area (Å²) in [5.74, 6) is 0.542. The molecule has 1 unspecified atom stereocenters. The van der Waals surface area contributed by atoms with Gasteiger partial charge in [0.15, 0.2) is 5.75 Å². The molecule has 19 heavy (non-hydrogen) atoms. The van der Waals surface area contributed by atoms with Crippen LogP contribution in [0.1, 0.15) is 6.92 Å². The maximum absolute atomic E-state index is 11.8. The first-order valence-corrected chi connectivity index (χ1v) is 7.40. The Morgan fingerprint density at radius 1 is 1.26 bits per heavy atom. The van der Waals surface area contributed by atoms with Crippen molar-refractivity contribution in [3.8, 4) is 16.9 Å². The Morgan fingerprint density at radius 3 is 2.63 bits per heavy atom. The molecular formula is C14H14ClNO2S. The first-order valence-electron chi connectivity index (χ1n) is 5.81. The van der Waals surface area contributed by atoms with Crippen molar-refractivity contribution < 1.29 is 9.29 Å². The van der Waals surface area contributed by atoms with Crippen molar-refractivity contribution in [1.29, 1.82) is 0 Å². The highest BCUT2D eigenvalue weighted by Crippen LogP contribution is 2.34. The monoisotopic (exact) mass is 295 g/mol. The minimum absolute atomic E-state index is 0.489. The number of nitrogens with two attached hydrogens (primary N) is 1. The number of rotatable bonds is 4. The van der Waals surface area contributed by atoms with Crippen LogP contribution in [-0.4, -0.2) is 11.2 Å². The summed E-state index contributed by atoms with van der Waals surface area (Å²) >= 11 is 4.36. The molecule has 0 radical (unpaired) electrons. The van der Waals surface area contributed by atoms with Crippen molar-refractivity contribution in [3.63, 3.8) is 0 Å². The van der Waals surface area contributed by atoms with Gasteiger partial charge in [-0.15, -0.1) is 5.14 Å². The van der Waals surface area contributed by atoms with E-state index >= 15 is 0 Å². The molecule has 0 fully saturated rings. The van der Waals surface area contributed by atoms with Crippen molar-refractivity contribution in [2.75, 3.05) is 6.61 Å². The second-order valence-electron chi connectivity index (χ2n) is 3.87. The van der Waals surface area contributed by atoms with Crippen molar-refractivity contribution >= 4 is 23.0 Å². The average Bonchev–Trinajstić information content (AvgIpc) is 2.38. The lowest BCUT2D eigenvalue weighted by atomic mass is 10.1. The van der Waals surface area contributed by atoms with Crippen molar-refractivity contribution in [3.05, 3.63) is 47.5 Å². The topological polar surface area (TPSA) is 58.3 Å². The van der Waals surface area contributed by atoms with Gasteiger partial charge in [-0.25, -0.2) is 0 Å². The number of hydrogen-bond acceptors (Lipinski definition) is 3. The van der Waals surface area contributed by atoms with E-state index in [2.05, 4.69) is 0 Å². The third kappa shape index (κ3) is 3.22. The van der Waals surface area contributed by atoms with Gasteiger partial charge in [0, 0.05) is 10.6 Å². The summed E-state index contributed by atoms with van der Waals surface area (Å²) in [7, 11) is 0. The molecule has 0 aromatic heterocycles. The van der Waals surface area contributed by atoms with Crippen LogP contribution in [0.3, 0.4) is 0 Å². The number of halogens is 1. The fraction of sp³-hybridized carbons (Fsp3) is 0.143. The molecule has 2 rings (SSSR count). The summed E-state index contributed by atoms with van der Waals surface area (Å²) in [6.45, 7) is 2.36. The summed E-state index contributed by atoms with van der Waals surface area (Å²) < 4.78 is 17.3. The molecule has 0 spiro atoms. The largest absolute Gasteiger partial charge is 0.593 e. The van der Waals surface area contributed by atoms with Gasteiger partial charge in [0.25, 0.3) is 0 Å². The Hall–Kier alpha value is -1.20. The van der Waals surface area contributed by atoms with E-state index in [1.807, 2.05) is 37.3 Å². The molecule has 0 heterocycles. The zero-order valence-electron chi connectivity index (χ0n) is 10.4. The minimum atomic E-state index is -1.63. The molecular weight excluding hydrogens is 282 g/mol. The van der Waals surface area contributed by atoms with Gasteiger partial charge in [-0.1, -0.05) is 29.8 Å². The first kappa shape index (κ1) is 14.2. The first-order chi connectivity index (χ1) is 9.13. The van der Waals surface area contributed by atoms with Gasteiger partial charge in [-0.05, 0) is 36.8 Å². The SMILES string of the molecule is CCOc1cccc(-c2cccc(Cl)c2)c1[S+](N)[O-]. The van der Waals surface area contributed by atoms with Crippen LogP contribution in [0.5, 0.6) is 5.75 Å². The average molecular weight is 296 g/mol. The van der Waals surface area contributed by atoms with Gasteiger partial charge in [0.1, 0.15) is 0 Å². The highest BCUT2D eigenvalue weighted by molar-refractivity contribution is 7.89. The quantitative estimate of drug-likeness (QED) is 0.880. The maximum atomic E-state index is 11.8. The van der Waals surface area contributed by atoms with E-state index in [0.29, 0.717) is 22.3 Å². The van der Waals surface area contributed by atoms with Crippen molar-refractivity contribution in [1.82, 2.24) is 0 Å². The van der Waals surface area contributed by atoms with E-state index in [0.717, 1.165) is 11.1 Å². The highest BCUT2D eigenvalue weighted by atomic mass is 35.5. The second-order valence-corrected chi connectivity index (χ2v) is 5.31. The van der Waals surface area contributed by atoms with E-state index < -0.39 is 11.4 Å². The van der Waals surface area contributed by atoms with Gasteiger partial charge >= 0.3 is 0 Å². The van der Waals surface area contributed by atoms with Crippen LogP contribution in [0.25, 0.3) is 11.1 Å². The van der Waals surface area contributed by atoms with Crippen LogP contribution in [0.4, 0.5) is 0 Å². The lowest BCUT2D eigenvalue weighted by Gasteiger charge is -2.14. The smallest absolute Gasteiger partial charge is 0.223 e. The van der Waals surface area contributed by atoms with Crippen molar-refractivity contribution in [2.24, 2.45) is 5.14 Å². The van der Waals surface area contributed by atoms with Crippen LogP contribution in [0.15, 0.2) is 47.4 Å². The highest BCUT2D eigenvalue weighted by Gasteiger charge is 2.21.